The number of nitrogens with one attached hydrogen (secondary N) is 1. The van der Waals surface area contributed by atoms with E-state index in [0.29, 0.717) is 6.04 Å². The molecular formula is C14H21BrFN. The van der Waals surface area contributed by atoms with E-state index in [4.69, 9.17) is 0 Å². The van der Waals surface area contributed by atoms with Crippen LogP contribution < -0.4 is 5.32 Å². The Morgan fingerprint density at radius 2 is 2.06 bits per heavy atom. The average Bonchev–Trinajstić information content (AvgIpc) is 2.30. The largest absolute Gasteiger partial charge is 0.314 e. The summed E-state index contributed by atoms with van der Waals surface area (Å²) in [6.07, 6.45) is 4.34. The zero-order chi connectivity index (χ0) is 12.7. The second kappa shape index (κ2) is 7.83. The molecular weight excluding hydrogens is 281 g/mol. The molecule has 0 heterocycles. The highest BCUT2D eigenvalue weighted by molar-refractivity contribution is 9.10. The van der Waals surface area contributed by atoms with Crippen LogP contribution in [-0.4, -0.2) is 12.6 Å². The van der Waals surface area contributed by atoms with Gasteiger partial charge in [-0.2, -0.15) is 0 Å². The van der Waals surface area contributed by atoms with E-state index in [0.717, 1.165) is 29.4 Å². The fourth-order valence-corrected chi connectivity index (χ4v) is 2.50. The predicted molar refractivity (Wildman–Crippen MR) is 74.8 cm³/mol. The van der Waals surface area contributed by atoms with Gasteiger partial charge >= 0.3 is 0 Å². The fourth-order valence-electron chi connectivity index (χ4n) is 2.05. The van der Waals surface area contributed by atoms with Crippen LogP contribution in [0.2, 0.25) is 0 Å². The van der Waals surface area contributed by atoms with Gasteiger partial charge in [0.2, 0.25) is 0 Å². The van der Waals surface area contributed by atoms with Gasteiger partial charge in [-0.05, 0) is 49.6 Å². The van der Waals surface area contributed by atoms with Gasteiger partial charge in [0, 0.05) is 10.5 Å². The summed E-state index contributed by atoms with van der Waals surface area (Å²) in [6, 6.07) is 5.44. The standard InChI is InChI=1S/C14H21BrFN/c1-3-5-13(17-4-2)8-6-11-10-12(16)7-9-14(11)15/h7,9-10,13,17H,3-6,8H2,1-2H3. The zero-order valence-corrected chi connectivity index (χ0v) is 12.2. The highest BCUT2D eigenvalue weighted by Crippen LogP contribution is 2.20. The maximum absolute atomic E-state index is 13.1. The molecule has 0 aliphatic rings. The lowest BCUT2D eigenvalue weighted by molar-refractivity contribution is 0.459. The smallest absolute Gasteiger partial charge is 0.123 e. The van der Waals surface area contributed by atoms with Crippen LogP contribution in [0, 0.1) is 5.82 Å². The molecule has 0 bridgehead atoms. The Bertz CT molecular complexity index is 335. The zero-order valence-electron chi connectivity index (χ0n) is 10.6. The van der Waals surface area contributed by atoms with E-state index in [1.807, 2.05) is 0 Å². The molecule has 1 rings (SSSR count). The molecule has 0 aliphatic heterocycles. The minimum absolute atomic E-state index is 0.154. The topological polar surface area (TPSA) is 12.0 Å². The van der Waals surface area contributed by atoms with Crippen molar-refractivity contribution in [2.75, 3.05) is 6.54 Å². The van der Waals surface area contributed by atoms with Crippen LogP contribution in [0.1, 0.15) is 38.7 Å². The first kappa shape index (κ1) is 14.7. The molecule has 0 fully saturated rings. The molecule has 0 spiro atoms. The molecule has 0 saturated heterocycles. The Morgan fingerprint density at radius 3 is 2.71 bits per heavy atom. The van der Waals surface area contributed by atoms with Crippen molar-refractivity contribution in [2.45, 2.75) is 45.6 Å². The van der Waals surface area contributed by atoms with Crippen molar-refractivity contribution >= 4 is 15.9 Å². The van der Waals surface area contributed by atoms with Crippen molar-refractivity contribution in [2.24, 2.45) is 0 Å². The molecule has 3 heteroatoms. The van der Waals surface area contributed by atoms with Crippen molar-refractivity contribution in [1.29, 1.82) is 0 Å². The monoisotopic (exact) mass is 301 g/mol. The van der Waals surface area contributed by atoms with Crippen LogP contribution in [0.5, 0.6) is 0 Å². The molecule has 17 heavy (non-hydrogen) atoms. The predicted octanol–water partition coefficient (Wildman–Crippen LogP) is 4.30. The summed E-state index contributed by atoms with van der Waals surface area (Å²) < 4.78 is 14.1. The van der Waals surface area contributed by atoms with Gasteiger partial charge in [0.1, 0.15) is 5.82 Å². The van der Waals surface area contributed by atoms with Crippen molar-refractivity contribution in [1.82, 2.24) is 5.32 Å². The SMILES string of the molecule is CCCC(CCc1cc(F)ccc1Br)NCC. The van der Waals surface area contributed by atoms with Crippen molar-refractivity contribution < 1.29 is 4.39 Å². The minimum atomic E-state index is -0.154. The van der Waals surface area contributed by atoms with E-state index in [-0.39, 0.29) is 5.82 Å². The third-order valence-electron chi connectivity index (χ3n) is 2.90. The Morgan fingerprint density at radius 1 is 1.29 bits per heavy atom. The first-order valence-electron chi connectivity index (χ1n) is 6.34. The van der Waals surface area contributed by atoms with Crippen LogP contribution in [0.15, 0.2) is 22.7 Å². The quantitative estimate of drug-likeness (QED) is 0.792. The van der Waals surface area contributed by atoms with Crippen molar-refractivity contribution in [3.63, 3.8) is 0 Å². The Labute approximate surface area is 112 Å². The normalized spacial score (nSPS) is 12.7. The third kappa shape index (κ3) is 5.17. The number of halogens is 2. The van der Waals surface area contributed by atoms with Gasteiger partial charge in [0.05, 0.1) is 0 Å². The highest BCUT2D eigenvalue weighted by Gasteiger charge is 2.08. The van der Waals surface area contributed by atoms with Gasteiger partial charge in [-0.3, -0.25) is 0 Å². The number of benzene rings is 1. The van der Waals surface area contributed by atoms with Crippen molar-refractivity contribution in [3.05, 3.63) is 34.1 Å². The highest BCUT2D eigenvalue weighted by atomic mass is 79.9. The van der Waals surface area contributed by atoms with Gasteiger partial charge in [0.25, 0.3) is 0 Å². The first-order chi connectivity index (χ1) is 8.17. The van der Waals surface area contributed by atoms with Crippen LogP contribution >= 0.6 is 15.9 Å². The molecule has 1 aromatic carbocycles. The molecule has 96 valence electrons. The van der Waals surface area contributed by atoms with Gasteiger partial charge in [0.15, 0.2) is 0 Å². The summed E-state index contributed by atoms with van der Waals surface area (Å²) in [5.74, 6) is -0.154. The van der Waals surface area contributed by atoms with Gasteiger partial charge in [-0.15, -0.1) is 0 Å². The van der Waals surface area contributed by atoms with E-state index < -0.39 is 0 Å². The van der Waals surface area contributed by atoms with Crippen LogP contribution in [0.3, 0.4) is 0 Å². The maximum atomic E-state index is 13.1. The molecule has 0 aliphatic carbocycles. The van der Waals surface area contributed by atoms with Crippen molar-refractivity contribution in [3.8, 4) is 0 Å². The number of aryl methyl sites for hydroxylation is 1. The maximum Gasteiger partial charge on any atom is 0.123 e. The van der Waals surface area contributed by atoms with Crippen LogP contribution in [0.25, 0.3) is 0 Å². The van der Waals surface area contributed by atoms with E-state index >= 15 is 0 Å². The fraction of sp³-hybridized carbons (Fsp3) is 0.571. The van der Waals surface area contributed by atoms with Gasteiger partial charge in [-0.1, -0.05) is 36.2 Å². The lowest BCUT2D eigenvalue weighted by Gasteiger charge is -2.17. The molecule has 1 nitrogen and oxygen atoms in total. The lowest BCUT2D eigenvalue weighted by atomic mass is 10.0. The first-order valence-corrected chi connectivity index (χ1v) is 7.14. The molecule has 1 N–H and O–H groups in total. The van der Waals surface area contributed by atoms with Crippen LogP contribution in [-0.2, 0) is 6.42 Å². The Hall–Kier alpha value is -0.410. The average molecular weight is 302 g/mol. The number of hydrogen-bond acceptors (Lipinski definition) is 1. The van der Waals surface area contributed by atoms with Crippen LogP contribution in [0.4, 0.5) is 4.39 Å². The lowest BCUT2D eigenvalue weighted by Crippen LogP contribution is -2.29. The second-order valence-corrected chi connectivity index (χ2v) is 5.17. The Kier molecular flexibility index (Phi) is 6.75. The summed E-state index contributed by atoms with van der Waals surface area (Å²) in [4.78, 5) is 0. The van der Waals surface area contributed by atoms with E-state index in [9.17, 15) is 4.39 Å². The molecule has 1 atom stereocenters. The molecule has 0 saturated carbocycles. The minimum Gasteiger partial charge on any atom is -0.314 e. The Balaban J connectivity index is 2.55. The summed E-state index contributed by atoms with van der Waals surface area (Å²) >= 11 is 3.47. The summed E-state index contributed by atoms with van der Waals surface area (Å²) in [6.45, 7) is 5.32. The van der Waals surface area contributed by atoms with E-state index in [2.05, 4.69) is 35.1 Å². The molecule has 0 radical (unpaired) electrons. The molecule has 0 aromatic heterocycles. The summed E-state index contributed by atoms with van der Waals surface area (Å²) in [5.41, 5.74) is 1.06. The van der Waals surface area contributed by atoms with E-state index in [1.165, 1.54) is 18.9 Å². The third-order valence-corrected chi connectivity index (χ3v) is 3.67. The van der Waals surface area contributed by atoms with Gasteiger partial charge < -0.3 is 5.32 Å². The second-order valence-electron chi connectivity index (χ2n) is 4.32. The number of rotatable bonds is 7. The molecule has 0 amide bonds. The molecule has 1 unspecified atom stereocenters. The van der Waals surface area contributed by atoms with Gasteiger partial charge in [-0.25, -0.2) is 4.39 Å². The van der Waals surface area contributed by atoms with E-state index in [1.54, 1.807) is 12.1 Å². The number of hydrogen-bond donors (Lipinski definition) is 1. The summed E-state index contributed by atoms with van der Waals surface area (Å²) in [5, 5.41) is 3.48. The summed E-state index contributed by atoms with van der Waals surface area (Å²) in [7, 11) is 0. The molecule has 1 aromatic rings.